The van der Waals surface area contributed by atoms with E-state index in [0.29, 0.717) is 5.56 Å². The second-order valence-corrected chi connectivity index (χ2v) is 10.0. The summed E-state index contributed by atoms with van der Waals surface area (Å²) in [5, 5.41) is 2.24. The second-order valence-electron chi connectivity index (χ2n) is 7.60. The zero-order valence-electron chi connectivity index (χ0n) is 16.7. The van der Waals surface area contributed by atoms with Crippen molar-refractivity contribution in [2.45, 2.75) is 31.7 Å². The largest absolute Gasteiger partial charge is 0.418 e. The van der Waals surface area contributed by atoms with E-state index in [1.165, 1.54) is 10.4 Å². The van der Waals surface area contributed by atoms with Gasteiger partial charge in [0.2, 0.25) is 15.9 Å². The van der Waals surface area contributed by atoms with Crippen molar-refractivity contribution in [1.82, 2.24) is 4.31 Å². The van der Waals surface area contributed by atoms with Crippen LogP contribution in [0.5, 0.6) is 0 Å². The predicted molar refractivity (Wildman–Crippen MR) is 113 cm³/mol. The number of hydrogen-bond donors (Lipinski definition) is 1. The maximum atomic E-state index is 13.2. The molecule has 3 rings (SSSR count). The molecule has 1 fully saturated rings. The van der Waals surface area contributed by atoms with Crippen molar-refractivity contribution in [3.05, 3.63) is 64.2 Å². The third-order valence-corrected chi connectivity index (χ3v) is 7.28. The Morgan fingerprint density at radius 3 is 2.45 bits per heavy atom. The number of alkyl halides is 3. The molecule has 1 heterocycles. The van der Waals surface area contributed by atoms with Gasteiger partial charge in [-0.3, -0.25) is 4.79 Å². The highest BCUT2D eigenvalue weighted by Crippen LogP contribution is 2.37. The molecule has 2 aromatic rings. The first kappa shape index (κ1) is 23.6. The SMILES string of the molecule is Cc1cccc(CS(=O)(=O)N2CCC(C(=O)Nc3ccc(Cl)cc3C(F)(F)F)CC2)c1. The van der Waals surface area contributed by atoms with Gasteiger partial charge in [-0.25, -0.2) is 12.7 Å². The molecule has 1 amide bonds. The average Bonchev–Trinajstić information content (AvgIpc) is 2.68. The van der Waals surface area contributed by atoms with E-state index in [2.05, 4.69) is 5.32 Å². The van der Waals surface area contributed by atoms with Crippen LogP contribution in [0.3, 0.4) is 0 Å². The number of benzene rings is 2. The molecular formula is C21H22ClF3N2O3S. The Morgan fingerprint density at radius 2 is 1.84 bits per heavy atom. The van der Waals surface area contributed by atoms with Gasteiger partial charge >= 0.3 is 6.18 Å². The number of amides is 1. The first-order valence-corrected chi connectivity index (χ1v) is 11.7. The number of carbonyl (C=O) groups excluding carboxylic acids is 1. The molecule has 0 saturated carbocycles. The fourth-order valence-electron chi connectivity index (χ4n) is 3.59. The monoisotopic (exact) mass is 474 g/mol. The number of piperidine rings is 1. The molecule has 0 radical (unpaired) electrons. The molecule has 10 heteroatoms. The van der Waals surface area contributed by atoms with Crippen LogP contribution < -0.4 is 5.32 Å². The maximum absolute atomic E-state index is 13.2. The van der Waals surface area contributed by atoms with E-state index in [0.717, 1.165) is 17.7 Å². The van der Waals surface area contributed by atoms with E-state index in [9.17, 15) is 26.4 Å². The summed E-state index contributed by atoms with van der Waals surface area (Å²) >= 11 is 5.66. The highest BCUT2D eigenvalue weighted by molar-refractivity contribution is 7.88. The van der Waals surface area contributed by atoms with Crippen LogP contribution in [0.2, 0.25) is 5.02 Å². The van der Waals surface area contributed by atoms with Crippen LogP contribution >= 0.6 is 11.6 Å². The van der Waals surface area contributed by atoms with E-state index in [1.54, 1.807) is 12.1 Å². The summed E-state index contributed by atoms with van der Waals surface area (Å²) in [5.41, 5.74) is 0.258. The zero-order valence-corrected chi connectivity index (χ0v) is 18.3. The number of sulfonamides is 1. The summed E-state index contributed by atoms with van der Waals surface area (Å²) in [6.45, 7) is 2.16. The molecule has 31 heavy (non-hydrogen) atoms. The van der Waals surface area contributed by atoms with Gasteiger partial charge in [0.25, 0.3) is 0 Å². The third-order valence-electron chi connectivity index (χ3n) is 5.19. The van der Waals surface area contributed by atoms with Gasteiger partial charge in [0.15, 0.2) is 0 Å². The van der Waals surface area contributed by atoms with Gasteiger partial charge < -0.3 is 5.32 Å². The minimum atomic E-state index is -4.67. The molecule has 0 aromatic heterocycles. The number of aryl methyl sites for hydroxylation is 1. The number of rotatable bonds is 5. The molecule has 0 atom stereocenters. The van der Waals surface area contributed by atoms with E-state index >= 15 is 0 Å². The molecule has 2 aromatic carbocycles. The lowest BCUT2D eigenvalue weighted by atomic mass is 9.97. The standard InChI is InChI=1S/C21H22ClF3N2O3S/c1-14-3-2-4-15(11-14)13-31(29,30)27-9-7-16(8-10-27)20(28)26-19-6-5-17(22)12-18(19)21(23,24)25/h2-6,11-12,16H,7-10,13H2,1H3,(H,26,28). The van der Waals surface area contributed by atoms with Crippen LogP contribution in [0.4, 0.5) is 18.9 Å². The van der Waals surface area contributed by atoms with Crippen LogP contribution in [-0.2, 0) is 26.7 Å². The Kier molecular flexibility index (Phi) is 6.98. The van der Waals surface area contributed by atoms with Crippen LogP contribution in [0.15, 0.2) is 42.5 Å². The van der Waals surface area contributed by atoms with Crippen molar-refractivity contribution < 1.29 is 26.4 Å². The normalized spacial score (nSPS) is 16.3. The molecule has 0 aliphatic carbocycles. The Morgan fingerprint density at radius 1 is 1.16 bits per heavy atom. The van der Waals surface area contributed by atoms with Gasteiger partial charge in [0.05, 0.1) is 17.0 Å². The molecule has 0 spiro atoms. The van der Waals surface area contributed by atoms with Crippen LogP contribution in [-0.4, -0.2) is 31.7 Å². The summed E-state index contributed by atoms with van der Waals surface area (Å²) in [5.74, 6) is -1.28. The molecule has 1 saturated heterocycles. The number of nitrogens with one attached hydrogen (secondary N) is 1. The van der Waals surface area contributed by atoms with Crippen LogP contribution in [0, 0.1) is 12.8 Å². The van der Waals surface area contributed by atoms with Gasteiger partial charge in [0, 0.05) is 24.0 Å². The smallest absolute Gasteiger partial charge is 0.325 e. The Balaban J connectivity index is 1.63. The van der Waals surface area contributed by atoms with E-state index in [4.69, 9.17) is 11.6 Å². The van der Waals surface area contributed by atoms with Gasteiger partial charge in [0.1, 0.15) is 0 Å². The van der Waals surface area contributed by atoms with E-state index < -0.39 is 33.6 Å². The van der Waals surface area contributed by atoms with Gasteiger partial charge in [-0.1, -0.05) is 41.4 Å². The Hall–Kier alpha value is -2.10. The third kappa shape index (κ3) is 5.99. The highest BCUT2D eigenvalue weighted by Gasteiger charge is 2.36. The fourth-order valence-corrected chi connectivity index (χ4v) is 5.32. The number of hydrogen-bond acceptors (Lipinski definition) is 3. The average molecular weight is 475 g/mol. The minimum absolute atomic E-state index is 0.0857. The molecule has 5 nitrogen and oxygen atoms in total. The predicted octanol–water partition coefficient (Wildman–Crippen LogP) is 4.85. The van der Waals surface area contributed by atoms with Gasteiger partial charge in [-0.2, -0.15) is 13.2 Å². The maximum Gasteiger partial charge on any atom is 0.418 e. The van der Waals surface area contributed by atoms with Crippen LogP contribution in [0.1, 0.15) is 29.5 Å². The quantitative estimate of drug-likeness (QED) is 0.673. The van der Waals surface area contributed by atoms with Gasteiger partial charge in [-0.05, 0) is 43.5 Å². The van der Waals surface area contributed by atoms with E-state index in [1.807, 2.05) is 19.1 Å². The Bertz CT molecular complexity index is 1070. The number of halogens is 4. The molecule has 168 valence electrons. The second kappa shape index (κ2) is 9.18. The topological polar surface area (TPSA) is 66.5 Å². The van der Waals surface area contributed by atoms with E-state index in [-0.39, 0.29) is 42.4 Å². The van der Waals surface area contributed by atoms with Crippen LogP contribution in [0.25, 0.3) is 0 Å². The van der Waals surface area contributed by atoms with Crippen molar-refractivity contribution in [2.75, 3.05) is 18.4 Å². The first-order valence-electron chi connectivity index (χ1n) is 9.67. The summed E-state index contributed by atoms with van der Waals surface area (Å²) in [6.07, 6.45) is -4.21. The van der Waals surface area contributed by atoms with Crippen molar-refractivity contribution >= 4 is 33.2 Å². The molecular weight excluding hydrogens is 453 g/mol. The fraction of sp³-hybridized carbons (Fsp3) is 0.381. The minimum Gasteiger partial charge on any atom is -0.325 e. The Labute approximate surface area is 184 Å². The van der Waals surface area contributed by atoms with Crippen molar-refractivity contribution in [2.24, 2.45) is 5.92 Å². The molecule has 0 unspecified atom stereocenters. The lowest BCUT2D eigenvalue weighted by Crippen LogP contribution is -2.42. The number of nitrogens with zero attached hydrogens (tertiary/aromatic N) is 1. The van der Waals surface area contributed by atoms with Crippen molar-refractivity contribution in [1.29, 1.82) is 0 Å². The molecule has 1 N–H and O–H groups in total. The summed E-state index contributed by atoms with van der Waals surface area (Å²) in [4.78, 5) is 12.5. The zero-order chi connectivity index (χ0) is 22.8. The molecule has 1 aliphatic rings. The first-order chi connectivity index (χ1) is 14.5. The lowest BCUT2D eigenvalue weighted by molar-refractivity contribution is -0.137. The highest BCUT2D eigenvalue weighted by atomic mass is 35.5. The van der Waals surface area contributed by atoms with Crippen molar-refractivity contribution in [3.8, 4) is 0 Å². The molecule has 0 bridgehead atoms. The summed E-state index contributed by atoms with van der Waals surface area (Å²) < 4.78 is 66.4. The number of anilines is 1. The summed E-state index contributed by atoms with van der Waals surface area (Å²) in [6, 6.07) is 10.4. The summed E-state index contributed by atoms with van der Waals surface area (Å²) in [7, 11) is -3.55. The lowest BCUT2D eigenvalue weighted by Gasteiger charge is -2.30. The number of carbonyl (C=O) groups is 1. The van der Waals surface area contributed by atoms with Gasteiger partial charge in [-0.15, -0.1) is 0 Å². The van der Waals surface area contributed by atoms with Crippen molar-refractivity contribution in [3.63, 3.8) is 0 Å². The molecule has 1 aliphatic heterocycles.